The first kappa shape index (κ1) is 14.2. The Morgan fingerprint density at radius 1 is 1.44 bits per heavy atom. The second-order valence-corrected chi connectivity index (χ2v) is 3.62. The number of nitrogens with one attached hydrogen (secondary N) is 1. The largest absolute Gasteiger partial charge is 0.433 e. The lowest BCUT2D eigenvalue weighted by Gasteiger charge is -2.11. The number of benzene rings is 1. The van der Waals surface area contributed by atoms with E-state index in [4.69, 9.17) is 0 Å². The number of alkyl halides is 2. The summed E-state index contributed by atoms with van der Waals surface area (Å²) in [5, 5.41) is 2.53. The summed E-state index contributed by atoms with van der Waals surface area (Å²) in [6, 6.07) is 6.07. The standard InChI is InChI=1S/C13H15F2NO2/c1-3-6-9(2)12(17)16-10-7-4-5-8-11(10)18-13(14)15/h4-8,13H,3H2,1-2H3,(H,16,17). The maximum Gasteiger partial charge on any atom is 0.387 e. The Bertz CT molecular complexity index is 444. The van der Waals surface area contributed by atoms with Gasteiger partial charge in [0.1, 0.15) is 5.75 Å². The van der Waals surface area contributed by atoms with Crippen molar-refractivity contribution in [3.05, 3.63) is 35.9 Å². The van der Waals surface area contributed by atoms with Crippen molar-refractivity contribution in [3.8, 4) is 5.75 Å². The van der Waals surface area contributed by atoms with Crippen molar-refractivity contribution in [2.75, 3.05) is 5.32 Å². The van der Waals surface area contributed by atoms with Crippen molar-refractivity contribution >= 4 is 11.6 Å². The van der Waals surface area contributed by atoms with Gasteiger partial charge >= 0.3 is 6.61 Å². The van der Waals surface area contributed by atoms with E-state index in [1.807, 2.05) is 6.92 Å². The zero-order valence-electron chi connectivity index (χ0n) is 10.2. The molecule has 98 valence electrons. The maximum atomic E-state index is 12.2. The van der Waals surface area contributed by atoms with Crippen LogP contribution in [-0.2, 0) is 4.79 Å². The lowest BCUT2D eigenvalue weighted by Crippen LogP contribution is -2.14. The molecule has 0 aliphatic heterocycles. The van der Waals surface area contributed by atoms with E-state index in [1.54, 1.807) is 25.1 Å². The number of hydrogen-bond acceptors (Lipinski definition) is 2. The molecule has 3 nitrogen and oxygen atoms in total. The highest BCUT2D eigenvalue weighted by atomic mass is 19.3. The van der Waals surface area contributed by atoms with Crippen molar-refractivity contribution < 1.29 is 18.3 Å². The molecule has 0 fully saturated rings. The van der Waals surface area contributed by atoms with E-state index in [0.29, 0.717) is 5.57 Å². The van der Waals surface area contributed by atoms with Crippen LogP contribution >= 0.6 is 0 Å². The van der Waals surface area contributed by atoms with E-state index in [9.17, 15) is 13.6 Å². The van der Waals surface area contributed by atoms with Gasteiger partial charge in [0.25, 0.3) is 5.91 Å². The lowest BCUT2D eigenvalue weighted by molar-refractivity contribution is -0.112. The molecule has 18 heavy (non-hydrogen) atoms. The van der Waals surface area contributed by atoms with Crippen molar-refractivity contribution in [2.45, 2.75) is 26.9 Å². The van der Waals surface area contributed by atoms with Gasteiger partial charge in [-0.1, -0.05) is 25.1 Å². The molecule has 1 N–H and O–H groups in total. The number of halogens is 2. The van der Waals surface area contributed by atoms with Gasteiger partial charge in [0.15, 0.2) is 0 Å². The number of rotatable bonds is 5. The van der Waals surface area contributed by atoms with Crippen LogP contribution < -0.4 is 10.1 Å². The minimum atomic E-state index is -2.92. The van der Waals surface area contributed by atoms with Gasteiger partial charge in [-0.05, 0) is 25.5 Å². The molecule has 0 radical (unpaired) electrons. The second kappa shape index (κ2) is 6.74. The molecule has 0 aliphatic rings. The van der Waals surface area contributed by atoms with E-state index >= 15 is 0 Å². The van der Waals surface area contributed by atoms with Gasteiger partial charge in [-0.2, -0.15) is 8.78 Å². The molecule has 5 heteroatoms. The molecule has 0 bridgehead atoms. The molecule has 1 aromatic rings. The Hall–Kier alpha value is -1.91. The SMILES string of the molecule is CCC=C(C)C(=O)Nc1ccccc1OC(F)F. The quantitative estimate of drug-likeness (QED) is 0.816. The van der Waals surface area contributed by atoms with Crippen molar-refractivity contribution in [1.29, 1.82) is 0 Å². The van der Waals surface area contributed by atoms with Crippen LogP contribution in [0.5, 0.6) is 5.75 Å². The van der Waals surface area contributed by atoms with Crippen molar-refractivity contribution in [1.82, 2.24) is 0 Å². The molecular formula is C13H15F2NO2. The summed E-state index contributed by atoms with van der Waals surface area (Å²) >= 11 is 0. The molecule has 0 unspecified atom stereocenters. The summed E-state index contributed by atoms with van der Waals surface area (Å²) in [7, 11) is 0. The highest BCUT2D eigenvalue weighted by molar-refractivity contribution is 6.04. The topological polar surface area (TPSA) is 38.3 Å². The minimum absolute atomic E-state index is 0.0508. The van der Waals surface area contributed by atoms with E-state index in [1.165, 1.54) is 12.1 Å². The number of ether oxygens (including phenoxy) is 1. The van der Waals surface area contributed by atoms with Crippen LogP contribution in [0.25, 0.3) is 0 Å². The van der Waals surface area contributed by atoms with Crippen LogP contribution in [0, 0.1) is 0 Å². The van der Waals surface area contributed by atoms with Gasteiger partial charge < -0.3 is 10.1 Å². The average Bonchev–Trinajstić information content (AvgIpc) is 2.31. The van der Waals surface area contributed by atoms with Crippen molar-refractivity contribution in [2.24, 2.45) is 0 Å². The minimum Gasteiger partial charge on any atom is -0.433 e. The zero-order chi connectivity index (χ0) is 13.5. The fraction of sp³-hybridized carbons (Fsp3) is 0.308. The number of carbonyl (C=O) groups excluding carboxylic acids is 1. The van der Waals surface area contributed by atoms with Crippen LogP contribution in [-0.4, -0.2) is 12.5 Å². The molecular weight excluding hydrogens is 240 g/mol. The number of carbonyl (C=O) groups is 1. The summed E-state index contributed by atoms with van der Waals surface area (Å²) in [6.45, 7) is 0.649. The molecule has 0 spiro atoms. The van der Waals surface area contributed by atoms with E-state index in [-0.39, 0.29) is 17.3 Å². The molecule has 0 atom stereocenters. The van der Waals surface area contributed by atoms with Gasteiger partial charge in [-0.15, -0.1) is 0 Å². The summed E-state index contributed by atoms with van der Waals surface area (Å²) in [5.74, 6) is -0.382. The number of amides is 1. The smallest absolute Gasteiger partial charge is 0.387 e. The molecule has 1 aromatic carbocycles. The Kier molecular flexibility index (Phi) is 5.30. The second-order valence-electron chi connectivity index (χ2n) is 3.62. The zero-order valence-corrected chi connectivity index (χ0v) is 10.2. The van der Waals surface area contributed by atoms with Gasteiger partial charge in [0.2, 0.25) is 0 Å². The van der Waals surface area contributed by atoms with Crippen LogP contribution in [0.4, 0.5) is 14.5 Å². The first-order valence-corrected chi connectivity index (χ1v) is 5.56. The number of hydrogen-bond donors (Lipinski definition) is 1. The third-order valence-corrected chi connectivity index (χ3v) is 2.22. The molecule has 1 amide bonds. The Balaban J connectivity index is 2.84. The fourth-order valence-electron chi connectivity index (χ4n) is 1.39. The summed E-state index contributed by atoms with van der Waals surface area (Å²) in [5.41, 5.74) is 0.760. The van der Waals surface area contributed by atoms with Crippen LogP contribution in [0.3, 0.4) is 0 Å². The molecule has 1 rings (SSSR count). The highest BCUT2D eigenvalue weighted by Crippen LogP contribution is 2.25. The molecule has 0 aromatic heterocycles. The van der Waals surface area contributed by atoms with Crippen LogP contribution in [0.2, 0.25) is 0 Å². The highest BCUT2D eigenvalue weighted by Gasteiger charge is 2.11. The monoisotopic (exact) mass is 255 g/mol. The third-order valence-electron chi connectivity index (χ3n) is 2.22. The first-order valence-electron chi connectivity index (χ1n) is 5.56. The molecule has 0 heterocycles. The van der Waals surface area contributed by atoms with E-state index in [2.05, 4.69) is 10.1 Å². The number of para-hydroxylation sites is 2. The van der Waals surface area contributed by atoms with Crippen LogP contribution in [0.1, 0.15) is 20.3 Å². The fourth-order valence-corrected chi connectivity index (χ4v) is 1.39. The third kappa shape index (κ3) is 4.16. The Morgan fingerprint density at radius 2 is 2.11 bits per heavy atom. The summed E-state index contributed by atoms with van der Waals surface area (Å²) in [6.07, 6.45) is 2.49. The Labute approximate surface area is 104 Å². The van der Waals surface area contributed by atoms with Gasteiger partial charge in [0, 0.05) is 5.57 Å². The van der Waals surface area contributed by atoms with Gasteiger partial charge in [0.05, 0.1) is 5.69 Å². The lowest BCUT2D eigenvalue weighted by atomic mass is 10.2. The average molecular weight is 255 g/mol. The van der Waals surface area contributed by atoms with E-state index in [0.717, 1.165) is 6.42 Å². The maximum absolute atomic E-state index is 12.2. The van der Waals surface area contributed by atoms with Crippen molar-refractivity contribution in [3.63, 3.8) is 0 Å². The normalized spacial score (nSPS) is 11.5. The van der Waals surface area contributed by atoms with E-state index < -0.39 is 6.61 Å². The predicted octanol–water partition coefficient (Wildman–Crippen LogP) is 3.58. The molecule has 0 saturated carbocycles. The summed E-state index contributed by atoms with van der Waals surface area (Å²) in [4.78, 5) is 11.7. The Morgan fingerprint density at radius 3 is 2.72 bits per heavy atom. The van der Waals surface area contributed by atoms with Gasteiger partial charge in [-0.25, -0.2) is 0 Å². The van der Waals surface area contributed by atoms with Gasteiger partial charge in [-0.3, -0.25) is 4.79 Å². The first-order chi connectivity index (χ1) is 8.54. The predicted molar refractivity (Wildman–Crippen MR) is 65.8 cm³/mol. The van der Waals surface area contributed by atoms with Crippen LogP contribution in [0.15, 0.2) is 35.9 Å². The summed E-state index contributed by atoms with van der Waals surface area (Å²) < 4.78 is 28.7. The molecule has 0 aliphatic carbocycles. The number of allylic oxidation sites excluding steroid dienone is 1. The number of anilines is 1. The molecule has 0 saturated heterocycles.